The molecule has 7 heteroatoms. The van der Waals surface area contributed by atoms with E-state index in [0.29, 0.717) is 25.9 Å². The highest BCUT2D eigenvalue weighted by molar-refractivity contribution is 5.79. The number of hydrogen-bond donors (Lipinski definition) is 1. The van der Waals surface area contributed by atoms with Gasteiger partial charge in [-0.1, -0.05) is 13.8 Å². The van der Waals surface area contributed by atoms with Gasteiger partial charge in [-0.2, -0.15) is 13.2 Å². The molecular formula is C15H28F3N3O. The monoisotopic (exact) mass is 323 g/mol. The molecule has 0 bridgehead atoms. The van der Waals surface area contributed by atoms with Crippen LogP contribution < -0.4 is 5.73 Å². The Balaban J connectivity index is 2.61. The van der Waals surface area contributed by atoms with Crippen LogP contribution in [-0.4, -0.2) is 60.6 Å². The Bertz CT molecular complexity index is 345. The Morgan fingerprint density at radius 2 is 1.77 bits per heavy atom. The standard InChI is InChI=1S/C15H28F3N3O/c1-3-20(4-2)9-10-21(8-7-15(16,17)18)14(22)12-5-6-13(19)11-12/h12-13H,3-11,19H2,1-2H3. The number of nitrogens with zero attached hydrogens (tertiary/aromatic N) is 2. The summed E-state index contributed by atoms with van der Waals surface area (Å²) in [5.74, 6) is -0.371. The van der Waals surface area contributed by atoms with Gasteiger partial charge in [0.2, 0.25) is 5.91 Å². The van der Waals surface area contributed by atoms with Crippen molar-refractivity contribution in [3.63, 3.8) is 0 Å². The van der Waals surface area contributed by atoms with Crippen molar-refractivity contribution >= 4 is 5.91 Å². The minimum absolute atomic E-state index is 0.00111. The second-order valence-corrected chi connectivity index (χ2v) is 5.99. The lowest BCUT2D eigenvalue weighted by atomic mass is 10.1. The number of hydrogen-bond acceptors (Lipinski definition) is 3. The van der Waals surface area contributed by atoms with Crippen molar-refractivity contribution in [1.82, 2.24) is 9.80 Å². The van der Waals surface area contributed by atoms with Crippen molar-refractivity contribution in [2.24, 2.45) is 11.7 Å². The van der Waals surface area contributed by atoms with Crippen molar-refractivity contribution in [3.8, 4) is 0 Å². The summed E-state index contributed by atoms with van der Waals surface area (Å²) in [4.78, 5) is 16.0. The maximum absolute atomic E-state index is 12.5. The molecule has 2 unspecified atom stereocenters. The lowest BCUT2D eigenvalue weighted by Crippen LogP contribution is -2.42. The van der Waals surface area contributed by atoms with Crippen LogP contribution in [0.3, 0.4) is 0 Å². The largest absolute Gasteiger partial charge is 0.390 e. The molecule has 0 aromatic heterocycles. The smallest absolute Gasteiger partial charge is 0.341 e. The molecule has 0 aromatic rings. The topological polar surface area (TPSA) is 49.6 Å². The summed E-state index contributed by atoms with van der Waals surface area (Å²) in [7, 11) is 0. The van der Waals surface area contributed by atoms with Gasteiger partial charge >= 0.3 is 6.18 Å². The zero-order valence-corrected chi connectivity index (χ0v) is 13.5. The highest BCUT2D eigenvalue weighted by Gasteiger charge is 2.33. The zero-order chi connectivity index (χ0) is 16.8. The summed E-state index contributed by atoms with van der Waals surface area (Å²) in [6, 6.07) is 0.00111. The minimum Gasteiger partial charge on any atom is -0.341 e. The molecule has 2 N–H and O–H groups in total. The van der Waals surface area contributed by atoms with Crippen LogP contribution in [-0.2, 0) is 4.79 Å². The van der Waals surface area contributed by atoms with Gasteiger partial charge in [-0.25, -0.2) is 0 Å². The van der Waals surface area contributed by atoms with Crippen LogP contribution in [0.25, 0.3) is 0 Å². The van der Waals surface area contributed by atoms with E-state index in [2.05, 4.69) is 4.90 Å². The first-order chi connectivity index (χ1) is 10.3. The fourth-order valence-corrected chi connectivity index (χ4v) is 2.89. The normalized spacial score (nSPS) is 22.3. The number of carbonyl (C=O) groups excluding carboxylic acids is 1. The van der Waals surface area contributed by atoms with E-state index in [9.17, 15) is 18.0 Å². The van der Waals surface area contributed by atoms with E-state index >= 15 is 0 Å². The van der Waals surface area contributed by atoms with E-state index in [0.717, 1.165) is 19.5 Å². The van der Waals surface area contributed by atoms with Crippen molar-refractivity contribution in [3.05, 3.63) is 0 Å². The first kappa shape index (κ1) is 19.2. The maximum Gasteiger partial charge on any atom is 0.390 e. The number of halogens is 3. The lowest BCUT2D eigenvalue weighted by molar-refractivity contribution is -0.147. The van der Waals surface area contributed by atoms with Crippen LogP contribution in [0.15, 0.2) is 0 Å². The van der Waals surface area contributed by atoms with Gasteiger partial charge in [0.1, 0.15) is 0 Å². The summed E-state index contributed by atoms with van der Waals surface area (Å²) >= 11 is 0. The van der Waals surface area contributed by atoms with Gasteiger partial charge in [-0.05, 0) is 32.4 Å². The molecule has 0 heterocycles. The molecule has 0 saturated heterocycles. The molecule has 22 heavy (non-hydrogen) atoms. The van der Waals surface area contributed by atoms with Gasteiger partial charge in [0.05, 0.1) is 6.42 Å². The van der Waals surface area contributed by atoms with Gasteiger partial charge < -0.3 is 15.5 Å². The fourth-order valence-electron chi connectivity index (χ4n) is 2.89. The highest BCUT2D eigenvalue weighted by atomic mass is 19.4. The van der Waals surface area contributed by atoms with Gasteiger partial charge in [0.15, 0.2) is 0 Å². The molecule has 0 spiro atoms. The summed E-state index contributed by atoms with van der Waals surface area (Å²) in [5, 5.41) is 0. The van der Waals surface area contributed by atoms with Crippen molar-refractivity contribution in [2.45, 2.75) is 51.7 Å². The van der Waals surface area contributed by atoms with Crippen LogP contribution in [0.4, 0.5) is 13.2 Å². The van der Waals surface area contributed by atoms with Crippen LogP contribution in [0, 0.1) is 5.92 Å². The first-order valence-corrected chi connectivity index (χ1v) is 8.10. The van der Waals surface area contributed by atoms with E-state index in [-0.39, 0.29) is 24.4 Å². The third-order valence-electron chi connectivity index (χ3n) is 4.38. The number of likely N-dealkylation sites (N-methyl/N-ethyl adjacent to an activating group) is 1. The van der Waals surface area contributed by atoms with E-state index in [4.69, 9.17) is 5.73 Å². The Hall–Kier alpha value is -0.820. The Morgan fingerprint density at radius 1 is 1.14 bits per heavy atom. The van der Waals surface area contributed by atoms with Crippen LogP contribution >= 0.6 is 0 Å². The zero-order valence-electron chi connectivity index (χ0n) is 13.5. The second-order valence-electron chi connectivity index (χ2n) is 5.99. The molecule has 130 valence electrons. The van der Waals surface area contributed by atoms with E-state index in [1.165, 1.54) is 4.90 Å². The SMILES string of the molecule is CCN(CC)CCN(CCC(F)(F)F)C(=O)C1CCC(N)C1. The molecule has 1 amide bonds. The number of carbonyl (C=O) groups is 1. The molecule has 1 saturated carbocycles. The average molecular weight is 323 g/mol. The summed E-state index contributed by atoms with van der Waals surface area (Å²) < 4.78 is 37.4. The summed E-state index contributed by atoms with van der Waals surface area (Å²) in [6.07, 6.45) is -3.13. The number of nitrogens with two attached hydrogens (primary N) is 1. The Morgan fingerprint density at radius 3 is 2.23 bits per heavy atom. The summed E-state index contributed by atoms with van der Waals surface area (Å²) in [5.41, 5.74) is 5.81. The molecule has 0 radical (unpaired) electrons. The van der Waals surface area contributed by atoms with E-state index in [1.54, 1.807) is 0 Å². The molecule has 1 aliphatic rings. The predicted molar refractivity (Wildman–Crippen MR) is 80.4 cm³/mol. The van der Waals surface area contributed by atoms with Gasteiger partial charge in [-0.3, -0.25) is 4.79 Å². The van der Waals surface area contributed by atoms with Crippen LogP contribution in [0.2, 0.25) is 0 Å². The van der Waals surface area contributed by atoms with Crippen LogP contribution in [0.5, 0.6) is 0 Å². The molecule has 1 aliphatic carbocycles. The Labute approximate surface area is 130 Å². The average Bonchev–Trinajstić information content (AvgIpc) is 2.88. The molecule has 0 aromatic carbocycles. The number of rotatable bonds is 8. The highest BCUT2D eigenvalue weighted by Crippen LogP contribution is 2.27. The predicted octanol–water partition coefficient (Wildman–Crippen LogP) is 2.24. The molecule has 2 atom stereocenters. The van der Waals surface area contributed by atoms with Crippen LogP contribution in [0.1, 0.15) is 39.5 Å². The fraction of sp³-hybridized carbons (Fsp3) is 0.933. The van der Waals surface area contributed by atoms with E-state index < -0.39 is 12.6 Å². The maximum atomic E-state index is 12.5. The number of alkyl halides is 3. The third-order valence-corrected chi connectivity index (χ3v) is 4.38. The van der Waals surface area contributed by atoms with Crippen molar-refractivity contribution < 1.29 is 18.0 Å². The quantitative estimate of drug-likeness (QED) is 0.745. The van der Waals surface area contributed by atoms with Gasteiger partial charge in [0.25, 0.3) is 0 Å². The van der Waals surface area contributed by atoms with Gasteiger partial charge in [-0.15, -0.1) is 0 Å². The summed E-state index contributed by atoms with van der Waals surface area (Å²) in [6.45, 7) is 6.36. The third kappa shape index (κ3) is 6.52. The molecule has 1 fully saturated rings. The lowest BCUT2D eigenvalue weighted by Gasteiger charge is -2.29. The molecule has 4 nitrogen and oxygen atoms in total. The first-order valence-electron chi connectivity index (χ1n) is 8.10. The minimum atomic E-state index is -4.24. The van der Waals surface area contributed by atoms with Gasteiger partial charge in [0, 0.05) is 31.6 Å². The molecule has 1 rings (SSSR count). The van der Waals surface area contributed by atoms with Crippen molar-refractivity contribution in [1.29, 1.82) is 0 Å². The van der Waals surface area contributed by atoms with E-state index in [1.807, 2.05) is 13.8 Å². The molecule has 0 aliphatic heterocycles. The number of amides is 1. The van der Waals surface area contributed by atoms with Crippen molar-refractivity contribution in [2.75, 3.05) is 32.7 Å². The Kier molecular flexibility index (Phi) is 7.62. The molecular weight excluding hydrogens is 295 g/mol. The second kappa shape index (κ2) is 8.72.